The van der Waals surface area contributed by atoms with Gasteiger partial charge in [0.05, 0.1) is 11.8 Å². The normalized spacial score (nSPS) is 16.2. The van der Waals surface area contributed by atoms with Crippen LogP contribution >= 0.6 is 35.6 Å². The number of thiocarbonyl (C=S) groups is 1. The molecule has 7 heteroatoms. The zero-order valence-electron chi connectivity index (χ0n) is 16.0. The van der Waals surface area contributed by atoms with Crippen LogP contribution in [0, 0.1) is 0 Å². The summed E-state index contributed by atoms with van der Waals surface area (Å²) >= 11 is 13.1. The summed E-state index contributed by atoms with van der Waals surface area (Å²) in [5, 5.41) is 0.409. The number of hydrogen-bond donors (Lipinski definition) is 0. The van der Waals surface area contributed by atoms with E-state index in [-0.39, 0.29) is 11.2 Å². The van der Waals surface area contributed by atoms with Gasteiger partial charge in [-0.15, -0.1) is 0 Å². The van der Waals surface area contributed by atoms with Crippen molar-refractivity contribution >= 4 is 45.8 Å². The van der Waals surface area contributed by atoms with Crippen molar-refractivity contribution in [2.75, 3.05) is 0 Å². The molecule has 4 rings (SSSR count). The molecule has 1 aliphatic rings. The highest BCUT2D eigenvalue weighted by Crippen LogP contribution is 2.33. The molecule has 1 saturated heterocycles. The average molecular weight is 455 g/mol. The number of pyridine rings is 1. The van der Waals surface area contributed by atoms with Gasteiger partial charge < -0.3 is 4.74 Å². The Morgan fingerprint density at radius 3 is 2.60 bits per heavy atom. The Labute approximate surface area is 190 Å². The second-order valence-electron chi connectivity index (χ2n) is 6.85. The number of benzene rings is 2. The molecule has 0 spiro atoms. The monoisotopic (exact) mass is 454 g/mol. The fourth-order valence-corrected chi connectivity index (χ4v) is 4.94. The first-order valence-electron chi connectivity index (χ1n) is 9.47. The molecule has 30 heavy (non-hydrogen) atoms. The molecule has 3 aromatic rings. The lowest BCUT2D eigenvalue weighted by molar-refractivity contribution is -0.126. The molecule has 0 unspecified atom stereocenters. The Bertz CT molecular complexity index is 1060. The summed E-state index contributed by atoms with van der Waals surface area (Å²) in [4.78, 5) is 18.8. The minimum Gasteiger partial charge on any atom is -0.489 e. The lowest BCUT2D eigenvalue weighted by Crippen LogP contribution is -2.31. The number of thioether (sulfide) groups is 1. The maximum Gasteiger partial charge on any atom is 0.242 e. The van der Waals surface area contributed by atoms with E-state index in [1.807, 2.05) is 60.7 Å². The van der Waals surface area contributed by atoms with E-state index < -0.39 is 0 Å². The number of rotatable bonds is 7. The Morgan fingerprint density at radius 2 is 1.83 bits per heavy atom. The number of hydrogen-bond acceptors (Lipinski definition) is 5. The molecule has 0 aliphatic carbocycles. The quantitative estimate of drug-likeness (QED) is 0.454. The van der Waals surface area contributed by atoms with Gasteiger partial charge in [0.25, 0.3) is 0 Å². The molecule has 4 nitrogen and oxygen atoms in total. The number of nitrogens with zero attached hydrogens (tertiary/aromatic N) is 2. The van der Waals surface area contributed by atoms with Gasteiger partial charge in [0.2, 0.25) is 5.91 Å². The van der Waals surface area contributed by atoms with Crippen molar-refractivity contribution in [2.45, 2.75) is 24.8 Å². The van der Waals surface area contributed by atoms with Crippen LogP contribution in [0.15, 0.2) is 73.1 Å². The number of amides is 1. The number of aromatic nitrogens is 1. The first-order valence-corrected chi connectivity index (χ1v) is 11.1. The summed E-state index contributed by atoms with van der Waals surface area (Å²) in [5.74, 6) is 0.775. The predicted octanol–water partition coefficient (Wildman–Crippen LogP) is 5.29. The van der Waals surface area contributed by atoms with Crippen molar-refractivity contribution in [3.05, 3.63) is 94.8 Å². The Hall–Kier alpha value is -2.41. The summed E-state index contributed by atoms with van der Waals surface area (Å²) < 4.78 is 6.64. The molecule has 1 atom stereocenters. The van der Waals surface area contributed by atoms with Crippen molar-refractivity contribution in [1.82, 2.24) is 9.88 Å². The second-order valence-corrected chi connectivity index (χ2v) is 9.09. The van der Waals surface area contributed by atoms with Crippen molar-refractivity contribution < 1.29 is 9.53 Å². The third kappa shape index (κ3) is 4.83. The van der Waals surface area contributed by atoms with Crippen LogP contribution in [0.5, 0.6) is 5.75 Å². The number of carbonyl (C=O) groups is 1. The summed E-state index contributed by atoms with van der Waals surface area (Å²) in [6, 6.07) is 19.2. The lowest BCUT2D eigenvalue weighted by atomic mass is 10.1. The van der Waals surface area contributed by atoms with Crippen LogP contribution in [0.2, 0.25) is 5.02 Å². The van der Waals surface area contributed by atoms with Crippen LogP contribution in [0.1, 0.15) is 16.7 Å². The molecule has 1 aliphatic heterocycles. The van der Waals surface area contributed by atoms with Crippen molar-refractivity contribution in [3.8, 4) is 5.75 Å². The molecule has 1 amide bonds. The molecular formula is C23H19ClN2O2S2. The Balaban J connectivity index is 1.45. The van der Waals surface area contributed by atoms with E-state index >= 15 is 0 Å². The maximum absolute atomic E-state index is 13.0. The minimum absolute atomic E-state index is 0.0229. The number of halogens is 1. The van der Waals surface area contributed by atoms with Crippen molar-refractivity contribution in [1.29, 1.82) is 0 Å². The van der Waals surface area contributed by atoms with E-state index in [4.69, 9.17) is 28.6 Å². The summed E-state index contributed by atoms with van der Waals surface area (Å²) in [6.45, 7) is 0.813. The van der Waals surface area contributed by atoms with Crippen LogP contribution in [0.25, 0.3) is 0 Å². The van der Waals surface area contributed by atoms with Crippen LogP contribution in [0.3, 0.4) is 0 Å². The van der Waals surface area contributed by atoms with E-state index in [1.165, 1.54) is 11.8 Å². The molecular weight excluding hydrogens is 436 g/mol. The van der Waals surface area contributed by atoms with Crippen LogP contribution in [-0.2, 0) is 24.4 Å². The Kier molecular flexibility index (Phi) is 6.67. The van der Waals surface area contributed by atoms with Gasteiger partial charge in [-0.1, -0.05) is 78.0 Å². The summed E-state index contributed by atoms with van der Waals surface area (Å²) in [6.07, 6.45) is 4.02. The smallest absolute Gasteiger partial charge is 0.242 e. The zero-order valence-corrected chi connectivity index (χ0v) is 18.4. The van der Waals surface area contributed by atoms with Gasteiger partial charge in [-0.25, -0.2) is 0 Å². The molecule has 2 heterocycles. The van der Waals surface area contributed by atoms with Gasteiger partial charge in [0.15, 0.2) is 0 Å². The number of ether oxygens (including phenoxy) is 1. The highest BCUT2D eigenvalue weighted by Gasteiger charge is 2.37. The third-order valence-electron chi connectivity index (χ3n) is 4.79. The average Bonchev–Trinajstić information content (AvgIpc) is 3.02. The Morgan fingerprint density at radius 1 is 1.07 bits per heavy atom. The predicted molar refractivity (Wildman–Crippen MR) is 125 cm³/mol. The number of para-hydroxylation sites is 1. The molecule has 1 aromatic heterocycles. The van der Waals surface area contributed by atoms with E-state index in [2.05, 4.69) is 4.98 Å². The van der Waals surface area contributed by atoms with Gasteiger partial charge in [-0.2, -0.15) is 0 Å². The molecule has 1 fully saturated rings. The van der Waals surface area contributed by atoms with E-state index in [9.17, 15) is 4.79 Å². The third-order valence-corrected chi connectivity index (χ3v) is 6.74. The molecule has 0 N–H and O–H groups in total. The molecule has 2 aromatic carbocycles. The fraction of sp³-hybridized carbons (Fsp3) is 0.174. The maximum atomic E-state index is 13.0. The number of carbonyl (C=O) groups excluding carboxylic acids is 1. The molecule has 0 saturated carbocycles. The van der Waals surface area contributed by atoms with Gasteiger partial charge in [0, 0.05) is 23.0 Å². The molecule has 0 radical (unpaired) electrons. The van der Waals surface area contributed by atoms with E-state index in [0.29, 0.717) is 28.9 Å². The minimum atomic E-state index is -0.265. The standard InChI is InChI=1S/C23H19ClN2O2S2/c24-19-9-3-1-8-18(19)15-28-20-10-4-2-7-17(20)12-21-22(27)26(23(29)30-21)14-16-6-5-11-25-13-16/h1-11,13,21H,12,14-15H2/t21-/m1/s1. The summed E-state index contributed by atoms with van der Waals surface area (Å²) in [5.41, 5.74) is 2.85. The second kappa shape index (κ2) is 9.60. The van der Waals surface area contributed by atoms with Crippen molar-refractivity contribution in [3.63, 3.8) is 0 Å². The van der Waals surface area contributed by atoms with Crippen LogP contribution < -0.4 is 4.74 Å². The highest BCUT2D eigenvalue weighted by atomic mass is 35.5. The first-order chi connectivity index (χ1) is 14.6. The van der Waals surface area contributed by atoms with Crippen LogP contribution in [-0.4, -0.2) is 25.4 Å². The van der Waals surface area contributed by atoms with Gasteiger partial charge in [0.1, 0.15) is 16.7 Å². The largest absolute Gasteiger partial charge is 0.489 e. The van der Waals surface area contributed by atoms with Crippen LogP contribution in [0.4, 0.5) is 0 Å². The van der Waals surface area contributed by atoms with E-state index in [0.717, 1.165) is 22.4 Å². The lowest BCUT2D eigenvalue weighted by Gasteiger charge is -2.16. The van der Waals surface area contributed by atoms with Gasteiger partial charge in [-0.05, 0) is 35.7 Å². The van der Waals surface area contributed by atoms with Crippen molar-refractivity contribution in [2.24, 2.45) is 0 Å². The topological polar surface area (TPSA) is 42.4 Å². The van der Waals surface area contributed by atoms with E-state index in [1.54, 1.807) is 17.3 Å². The summed E-state index contributed by atoms with van der Waals surface area (Å²) in [7, 11) is 0. The SMILES string of the molecule is O=C1[C@@H](Cc2ccccc2OCc2ccccc2Cl)SC(=S)N1Cc1cccnc1. The fourth-order valence-electron chi connectivity index (χ4n) is 3.23. The van der Waals surface area contributed by atoms with Gasteiger partial charge in [-0.3, -0.25) is 14.7 Å². The highest BCUT2D eigenvalue weighted by molar-refractivity contribution is 8.24. The molecule has 152 valence electrons. The zero-order chi connectivity index (χ0) is 20.9. The first kappa shape index (κ1) is 20.8. The van der Waals surface area contributed by atoms with Gasteiger partial charge >= 0.3 is 0 Å². The molecule has 0 bridgehead atoms.